The molecule has 2 N–H and O–H groups in total. The molecule has 1 saturated carbocycles. The summed E-state index contributed by atoms with van der Waals surface area (Å²) in [5, 5.41) is 16.7. The third kappa shape index (κ3) is 7.73. The summed E-state index contributed by atoms with van der Waals surface area (Å²) in [5.74, 6) is 0.280. The van der Waals surface area contributed by atoms with Crippen LogP contribution in [0.1, 0.15) is 69.5 Å². The lowest BCUT2D eigenvalue weighted by Gasteiger charge is -2.32. The molecule has 0 radical (unpaired) electrons. The standard InChI is InChI=1S/C41H47N5O7S/c1-25(2)34-24-54-38(43-34)33-20-36(31-16-15-29(52-4)18-32(31)42-33)53-30-19-35-37(47)44-41(39(48)49)21-27(41)10-8-6-5-7-9-17-45(40(50)46(35)23-30)22-26-11-13-28(51-3)14-12-26/h8,10-16,18,20,24-25,27,30,35H,5-7,9,17,19,21-23H2,1-4H3,(H,44,47)(H,48,49)/b10-8-/t27-,30+,35-,41+/m0/s1. The number of benzene rings is 2. The number of carboxylic acid groups (broad SMARTS) is 1. The SMILES string of the molecule is COc1ccc(CN2CCCCC/C=C\[C@H]3C[C@@]3(C(=O)O)NC(=O)[C@@H]3C[C@@H](Oc4cc(-c5nc(C(C)C)cs5)nc5cc(OC)ccc45)CN3C2=O)cc1. The fourth-order valence-corrected chi connectivity index (χ4v) is 8.29. The van der Waals surface area contributed by atoms with Gasteiger partial charge in [0, 0.05) is 48.3 Å². The lowest BCUT2D eigenvalue weighted by atomic mass is 10.1. The molecule has 7 rings (SSSR count). The van der Waals surface area contributed by atoms with Gasteiger partial charge in [0.15, 0.2) is 0 Å². The average molecular weight is 754 g/mol. The molecule has 2 aromatic heterocycles. The zero-order valence-corrected chi connectivity index (χ0v) is 31.9. The molecule has 2 aliphatic heterocycles. The van der Waals surface area contributed by atoms with Crippen molar-refractivity contribution in [1.29, 1.82) is 0 Å². The Hall–Kier alpha value is -5.17. The van der Waals surface area contributed by atoms with E-state index in [0.717, 1.165) is 53.1 Å². The number of rotatable bonds is 9. The summed E-state index contributed by atoms with van der Waals surface area (Å²) in [6.07, 6.45) is 7.24. The minimum atomic E-state index is -1.40. The molecule has 0 spiro atoms. The number of ether oxygens (including phenoxy) is 3. The van der Waals surface area contributed by atoms with E-state index < -0.39 is 29.6 Å². The van der Waals surface area contributed by atoms with Gasteiger partial charge in [-0.25, -0.2) is 19.6 Å². The Bertz CT molecular complexity index is 2050. The van der Waals surface area contributed by atoms with Crippen molar-refractivity contribution in [3.63, 3.8) is 0 Å². The van der Waals surface area contributed by atoms with Crippen molar-refractivity contribution in [3.05, 3.63) is 77.3 Å². The number of hydrogen-bond acceptors (Lipinski definition) is 9. The molecule has 3 aliphatic rings. The lowest BCUT2D eigenvalue weighted by Crippen LogP contribution is -2.55. The molecule has 0 bridgehead atoms. The number of methoxy groups -OCH3 is 2. The molecule has 2 fully saturated rings. The summed E-state index contributed by atoms with van der Waals surface area (Å²) < 4.78 is 17.6. The van der Waals surface area contributed by atoms with Gasteiger partial charge in [-0.1, -0.05) is 44.6 Å². The zero-order valence-electron chi connectivity index (χ0n) is 31.1. The van der Waals surface area contributed by atoms with Crippen LogP contribution in [0.4, 0.5) is 4.79 Å². The average Bonchev–Trinajstić information content (AvgIpc) is 3.46. The first-order chi connectivity index (χ1) is 26.1. The smallest absolute Gasteiger partial charge is 0.330 e. The van der Waals surface area contributed by atoms with E-state index in [-0.39, 0.29) is 30.8 Å². The number of aromatic nitrogens is 2. The Morgan fingerprint density at radius 1 is 1.04 bits per heavy atom. The number of urea groups is 1. The van der Waals surface area contributed by atoms with Crippen molar-refractivity contribution < 1.29 is 33.7 Å². The quantitative estimate of drug-likeness (QED) is 0.172. The highest BCUT2D eigenvalue weighted by Gasteiger charge is 2.61. The maximum absolute atomic E-state index is 14.7. The van der Waals surface area contributed by atoms with Gasteiger partial charge in [0.05, 0.1) is 32.0 Å². The van der Waals surface area contributed by atoms with Gasteiger partial charge in [0.25, 0.3) is 0 Å². The topological polar surface area (TPSA) is 143 Å². The molecule has 284 valence electrons. The van der Waals surface area contributed by atoms with Crippen molar-refractivity contribution in [3.8, 4) is 28.0 Å². The number of carboxylic acids is 1. The number of amides is 3. The van der Waals surface area contributed by atoms with Crippen LogP contribution in [0.2, 0.25) is 0 Å². The molecule has 4 atom stereocenters. The Kier molecular flexibility index (Phi) is 10.8. The fourth-order valence-electron chi connectivity index (χ4n) is 7.35. The van der Waals surface area contributed by atoms with Crippen LogP contribution in [-0.4, -0.2) is 87.8 Å². The number of fused-ring (bicyclic) bond motifs is 3. The van der Waals surface area contributed by atoms with Gasteiger partial charge in [0.1, 0.15) is 45.6 Å². The number of allylic oxidation sites excluding steroid dienone is 1. The van der Waals surface area contributed by atoms with Gasteiger partial charge in [-0.2, -0.15) is 0 Å². The second-order valence-electron chi connectivity index (χ2n) is 14.7. The zero-order chi connectivity index (χ0) is 38.0. The summed E-state index contributed by atoms with van der Waals surface area (Å²) in [7, 11) is 3.21. The van der Waals surface area contributed by atoms with Gasteiger partial charge >= 0.3 is 12.0 Å². The summed E-state index contributed by atoms with van der Waals surface area (Å²) >= 11 is 1.51. The summed E-state index contributed by atoms with van der Waals surface area (Å²) in [4.78, 5) is 54.6. The van der Waals surface area contributed by atoms with Crippen molar-refractivity contribution in [2.75, 3.05) is 27.3 Å². The van der Waals surface area contributed by atoms with Crippen LogP contribution in [0.5, 0.6) is 17.2 Å². The second kappa shape index (κ2) is 15.7. The number of carbonyl (C=O) groups excluding carboxylic acids is 2. The predicted molar refractivity (Wildman–Crippen MR) is 206 cm³/mol. The molecular weight excluding hydrogens is 707 g/mol. The molecule has 1 aliphatic carbocycles. The summed E-state index contributed by atoms with van der Waals surface area (Å²) in [6.45, 7) is 5.16. The number of aliphatic carboxylic acids is 1. The first-order valence-corrected chi connectivity index (χ1v) is 19.5. The van der Waals surface area contributed by atoms with E-state index in [1.54, 1.807) is 24.0 Å². The Morgan fingerprint density at radius 3 is 2.54 bits per heavy atom. The largest absolute Gasteiger partial charge is 0.497 e. The van der Waals surface area contributed by atoms with Crippen LogP contribution in [0.25, 0.3) is 21.6 Å². The second-order valence-corrected chi connectivity index (χ2v) is 15.5. The number of nitrogens with zero attached hydrogens (tertiary/aromatic N) is 4. The minimum Gasteiger partial charge on any atom is -0.497 e. The number of hydrogen-bond donors (Lipinski definition) is 2. The number of nitrogens with one attached hydrogen (secondary N) is 1. The minimum absolute atomic E-state index is 0.128. The van der Waals surface area contributed by atoms with Gasteiger partial charge in [0.2, 0.25) is 5.91 Å². The highest BCUT2D eigenvalue weighted by atomic mass is 32.1. The van der Waals surface area contributed by atoms with Crippen LogP contribution in [0.15, 0.2) is 66.1 Å². The van der Waals surface area contributed by atoms with Crippen LogP contribution in [-0.2, 0) is 16.1 Å². The van der Waals surface area contributed by atoms with E-state index in [1.165, 1.54) is 11.3 Å². The molecule has 2 aromatic carbocycles. The monoisotopic (exact) mass is 753 g/mol. The summed E-state index contributed by atoms with van der Waals surface area (Å²) in [5.41, 5.74) is 1.80. The normalized spacial score (nSPS) is 23.9. The van der Waals surface area contributed by atoms with E-state index in [4.69, 9.17) is 24.2 Å². The van der Waals surface area contributed by atoms with Crippen molar-refractivity contribution >= 4 is 40.1 Å². The third-order valence-corrected chi connectivity index (χ3v) is 11.5. The molecular formula is C41H47N5O7S. The molecule has 4 heterocycles. The molecule has 13 heteroatoms. The van der Waals surface area contributed by atoms with Gasteiger partial charge in [-0.3, -0.25) is 4.79 Å². The third-order valence-electron chi connectivity index (χ3n) is 10.6. The Balaban J connectivity index is 1.23. The van der Waals surface area contributed by atoms with Crippen LogP contribution >= 0.6 is 11.3 Å². The van der Waals surface area contributed by atoms with E-state index in [2.05, 4.69) is 19.2 Å². The van der Waals surface area contributed by atoms with E-state index >= 15 is 0 Å². The number of pyridine rings is 1. The highest BCUT2D eigenvalue weighted by molar-refractivity contribution is 7.13. The van der Waals surface area contributed by atoms with Gasteiger partial charge in [-0.15, -0.1) is 11.3 Å². The molecule has 0 unspecified atom stereocenters. The molecule has 54 heavy (non-hydrogen) atoms. The van der Waals surface area contributed by atoms with Crippen molar-refractivity contribution in [2.45, 2.75) is 82.5 Å². The van der Waals surface area contributed by atoms with Crippen LogP contribution < -0.4 is 19.5 Å². The first-order valence-electron chi connectivity index (χ1n) is 18.6. The highest BCUT2D eigenvalue weighted by Crippen LogP contribution is 2.45. The van der Waals surface area contributed by atoms with E-state index in [9.17, 15) is 19.5 Å². The van der Waals surface area contributed by atoms with E-state index in [0.29, 0.717) is 42.2 Å². The summed E-state index contributed by atoms with van der Waals surface area (Å²) in [6, 6.07) is 13.8. The first kappa shape index (κ1) is 37.2. The number of carbonyl (C=O) groups is 3. The van der Waals surface area contributed by atoms with Crippen LogP contribution in [0, 0.1) is 5.92 Å². The Morgan fingerprint density at radius 2 is 1.81 bits per heavy atom. The maximum Gasteiger partial charge on any atom is 0.330 e. The molecule has 1 saturated heterocycles. The number of thiazole rings is 1. The fraction of sp³-hybridized carbons (Fsp3) is 0.439. The molecule has 4 aromatic rings. The van der Waals surface area contributed by atoms with E-state index in [1.807, 2.05) is 66.1 Å². The molecule has 12 nitrogen and oxygen atoms in total. The Labute approximate surface area is 319 Å². The van der Waals surface area contributed by atoms with Crippen molar-refractivity contribution in [2.24, 2.45) is 5.92 Å². The van der Waals surface area contributed by atoms with Gasteiger partial charge in [-0.05, 0) is 61.4 Å². The van der Waals surface area contributed by atoms with Gasteiger partial charge < -0.3 is 34.4 Å². The van der Waals surface area contributed by atoms with Crippen LogP contribution in [0.3, 0.4) is 0 Å². The van der Waals surface area contributed by atoms with Crippen molar-refractivity contribution in [1.82, 2.24) is 25.1 Å². The predicted octanol–water partition coefficient (Wildman–Crippen LogP) is 7.03. The maximum atomic E-state index is 14.7. The molecule has 3 amide bonds. The lowest BCUT2D eigenvalue weighted by molar-refractivity contribution is -0.144.